The van der Waals surface area contributed by atoms with Gasteiger partial charge < -0.3 is 9.47 Å². The number of fused-ring (bicyclic) bond motifs is 1. The van der Waals surface area contributed by atoms with Crippen LogP contribution in [0.2, 0.25) is 0 Å². The standard InChI is InChI=1S/C38H45NO3/c1-2-3-4-5-6-7-8-9-10-11-12-15-28-41-36-26-21-33(22-27-36)38(40)42-37-24-18-31(19-25-37)30-39-35-23-20-32-16-13-14-17-34(32)29-35/h13-14,16-27,29-30H,2-12,15,28H2,1H3. The Kier molecular flexibility index (Phi) is 13.1. The van der Waals surface area contributed by atoms with E-state index in [2.05, 4.69) is 36.2 Å². The van der Waals surface area contributed by atoms with Crippen LogP contribution in [0.15, 0.2) is 96.0 Å². The van der Waals surface area contributed by atoms with Gasteiger partial charge in [-0.15, -0.1) is 0 Å². The van der Waals surface area contributed by atoms with Crippen LogP contribution in [-0.2, 0) is 0 Å². The van der Waals surface area contributed by atoms with E-state index in [4.69, 9.17) is 9.47 Å². The summed E-state index contributed by atoms with van der Waals surface area (Å²) in [5, 5.41) is 2.35. The molecule has 4 nitrogen and oxygen atoms in total. The van der Waals surface area contributed by atoms with Crippen molar-refractivity contribution in [2.24, 2.45) is 4.99 Å². The summed E-state index contributed by atoms with van der Waals surface area (Å²) in [6.45, 7) is 2.98. The lowest BCUT2D eigenvalue weighted by Gasteiger charge is -2.08. The summed E-state index contributed by atoms with van der Waals surface area (Å²) >= 11 is 0. The molecule has 0 N–H and O–H groups in total. The molecule has 4 aromatic carbocycles. The zero-order chi connectivity index (χ0) is 29.2. The molecule has 0 aliphatic rings. The van der Waals surface area contributed by atoms with Crippen LogP contribution in [0.25, 0.3) is 10.8 Å². The molecular weight excluding hydrogens is 518 g/mol. The predicted octanol–water partition coefficient (Wildman–Crippen LogP) is 10.9. The van der Waals surface area contributed by atoms with E-state index in [0.717, 1.165) is 28.8 Å². The molecule has 4 aromatic rings. The van der Waals surface area contributed by atoms with Crippen LogP contribution in [0.3, 0.4) is 0 Å². The molecule has 0 aliphatic carbocycles. The highest BCUT2D eigenvalue weighted by Gasteiger charge is 2.09. The molecule has 0 heterocycles. The topological polar surface area (TPSA) is 47.9 Å². The first-order chi connectivity index (χ1) is 20.7. The SMILES string of the molecule is CCCCCCCCCCCCCCOc1ccc(C(=O)Oc2ccc(C=Nc3ccc4ccccc4c3)cc2)cc1. The minimum Gasteiger partial charge on any atom is -0.494 e. The van der Waals surface area contributed by atoms with Gasteiger partial charge in [-0.1, -0.05) is 108 Å². The second-order valence-corrected chi connectivity index (χ2v) is 11.0. The molecule has 0 spiro atoms. The maximum absolute atomic E-state index is 12.6. The van der Waals surface area contributed by atoms with Crippen molar-refractivity contribution in [3.05, 3.63) is 102 Å². The Bertz CT molecular complexity index is 1380. The van der Waals surface area contributed by atoms with Crippen LogP contribution in [0.5, 0.6) is 11.5 Å². The third kappa shape index (κ3) is 10.8. The van der Waals surface area contributed by atoms with Crippen LogP contribution in [-0.4, -0.2) is 18.8 Å². The van der Waals surface area contributed by atoms with Gasteiger partial charge in [-0.3, -0.25) is 4.99 Å². The molecule has 220 valence electrons. The van der Waals surface area contributed by atoms with Gasteiger partial charge in [0.25, 0.3) is 0 Å². The molecular formula is C38H45NO3. The normalized spacial score (nSPS) is 11.3. The van der Waals surface area contributed by atoms with Gasteiger partial charge in [0, 0.05) is 6.21 Å². The lowest BCUT2D eigenvalue weighted by Crippen LogP contribution is -2.08. The van der Waals surface area contributed by atoms with Crippen molar-refractivity contribution in [2.45, 2.75) is 84.0 Å². The van der Waals surface area contributed by atoms with Gasteiger partial charge in [-0.05, 0) is 83.4 Å². The van der Waals surface area contributed by atoms with E-state index in [-0.39, 0.29) is 5.97 Å². The molecule has 0 saturated carbocycles. The predicted molar refractivity (Wildman–Crippen MR) is 176 cm³/mol. The smallest absolute Gasteiger partial charge is 0.343 e. The van der Waals surface area contributed by atoms with Gasteiger partial charge in [-0.2, -0.15) is 0 Å². The summed E-state index contributed by atoms with van der Waals surface area (Å²) in [5.41, 5.74) is 2.32. The van der Waals surface area contributed by atoms with Gasteiger partial charge >= 0.3 is 5.97 Å². The summed E-state index contributed by atoms with van der Waals surface area (Å²) < 4.78 is 11.4. The van der Waals surface area contributed by atoms with Crippen LogP contribution < -0.4 is 9.47 Å². The molecule has 0 bridgehead atoms. The van der Waals surface area contributed by atoms with E-state index in [1.54, 1.807) is 24.3 Å². The number of unbranched alkanes of at least 4 members (excludes halogenated alkanes) is 11. The monoisotopic (exact) mass is 563 g/mol. The highest BCUT2D eigenvalue weighted by atomic mass is 16.5. The van der Waals surface area contributed by atoms with Crippen molar-refractivity contribution in [2.75, 3.05) is 6.61 Å². The summed E-state index contributed by atoms with van der Waals surface area (Å²) in [5.74, 6) is 0.889. The van der Waals surface area contributed by atoms with Crippen LogP contribution in [0.1, 0.15) is 99.9 Å². The fourth-order valence-electron chi connectivity index (χ4n) is 5.01. The van der Waals surface area contributed by atoms with Crippen molar-refractivity contribution in [3.63, 3.8) is 0 Å². The van der Waals surface area contributed by atoms with E-state index in [1.807, 2.05) is 48.7 Å². The highest BCUT2D eigenvalue weighted by molar-refractivity contribution is 5.91. The number of rotatable bonds is 18. The van der Waals surface area contributed by atoms with E-state index >= 15 is 0 Å². The van der Waals surface area contributed by atoms with Gasteiger partial charge in [-0.25, -0.2) is 4.79 Å². The lowest BCUT2D eigenvalue weighted by atomic mass is 10.1. The number of ether oxygens (including phenoxy) is 2. The molecule has 0 radical (unpaired) electrons. The molecule has 0 aromatic heterocycles. The zero-order valence-electron chi connectivity index (χ0n) is 25.1. The van der Waals surface area contributed by atoms with Crippen molar-refractivity contribution in [1.82, 2.24) is 0 Å². The number of hydrogen-bond acceptors (Lipinski definition) is 4. The first-order valence-electron chi connectivity index (χ1n) is 15.8. The quantitative estimate of drug-likeness (QED) is 0.0523. The fourth-order valence-corrected chi connectivity index (χ4v) is 5.01. The number of benzene rings is 4. The number of carbonyl (C=O) groups is 1. The van der Waals surface area contributed by atoms with Crippen LogP contribution >= 0.6 is 0 Å². The molecule has 0 amide bonds. The Hall–Kier alpha value is -3.92. The number of aliphatic imine (C=N–C) groups is 1. The molecule has 0 aliphatic heterocycles. The summed E-state index contributed by atoms with van der Waals surface area (Å²) in [6.07, 6.45) is 17.7. The van der Waals surface area contributed by atoms with Gasteiger partial charge in [0.15, 0.2) is 0 Å². The second-order valence-electron chi connectivity index (χ2n) is 11.0. The Morgan fingerprint density at radius 2 is 1.24 bits per heavy atom. The van der Waals surface area contributed by atoms with E-state index in [9.17, 15) is 4.79 Å². The maximum atomic E-state index is 12.6. The number of nitrogens with zero attached hydrogens (tertiary/aromatic N) is 1. The largest absolute Gasteiger partial charge is 0.494 e. The molecule has 0 saturated heterocycles. The van der Waals surface area contributed by atoms with Crippen LogP contribution in [0.4, 0.5) is 5.69 Å². The average molecular weight is 564 g/mol. The maximum Gasteiger partial charge on any atom is 0.343 e. The first-order valence-corrected chi connectivity index (χ1v) is 15.8. The Balaban J connectivity index is 1.11. The molecule has 4 heteroatoms. The minimum atomic E-state index is -0.389. The Labute approximate surface area is 251 Å². The van der Waals surface area contributed by atoms with Crippen molar-refractivity contribution in [1.29, 1.82) is 0 Å². The van der Waals surface area contributed by atoms with E-state index in [0.29, 0.717) is 17.9 Å². The number of esters is 1. The Morgan fingerprint density at radius 3 is 1.90 bits per heavy atom. The highest BCUT2D eigenvalue weighted by Crippen LogP contribution is 2.22. The Morgan fingerprint density at radius 1 is 0.643 bits per heavy atom. The number of carbonyl (C=O) groups excluding carboxylic acids is 1. The van der Waals surface area contributed by atoms with E-state index in [1.165, 1.54) is 76.0 Å². The summed E-state index contributed by atoms with van der Waals surface area (Å²) in [4.78, 5) is 17.2. The third-order valence-corrected chi connectivity index (χ3v) is 7.54. The molecule has 0 fully saturated rings. The molecule has 0 atom stereocenters. The van der Waals surface area contributed by atoms with Crippen molar-refractivity contribution < 1.29 is 14.3 Å². The molecule has 0 unspecified atom stereocenters. The fraction of sp³-hybridized carbons (Fsp3) is 0.368. The summed E-state index contributed by atoms with van der Waals surface area (Å²) in [7, 11) is 0. The summed E-state index contributed by atoms with van der Waals surface area (Å²) in [6, 6.07) is 28.9. The van der Waals surface area contributed by atoms with Crippen molar-refractivity contribution in [3.8, 4) is 11.5 Å². The molecule has 42 heavy (non-hydrogen) atoms. The first kappa shape index (κ1) is 31.0. The van der Waals surface area contributed by atoms with Crippen molar-refractivity contribution >= 4 is 28.6 Å². The molecule has 4 rings (SSSR count). The second kappa shape index (κ2) is 17.8. The minimum absolute atomic E-state index is 0.389. The van der Waals surface area contributed by atoms with E-state index < -0.39 is 0 Å². The van der Waals surface area contributed by atoms with Gasteiger partial charge in [0.1, 0.15) is 11.5 Å². The van der Waals surface area contributed by atoms with Gasteiger partial charge in [0.2, 0.25) is 0 Å². The van der Waals surface area contributed by atoms with Gasteiger partial charge in [0.05, 0.1) is 17.9 Å². The average Bonchev–Trinajstić information content (AvgIpc) is 3.03. The lowest BCUT2D eigenvalue weighted by molar-refractivity contribution is 0.0734. The third-order valence-electron chi connectivity index (χ3n) is 7.54. The number of hydrogen-bond donors (Lipinski definition) is 0. The van der Waals surface area contributed by atoms with Crippen LogP contribution in [0, 0.1) is 0 Å². The zero-order valence-corrected chi connectivity index (χ0v) is 25.1.